The van der Waals surface area contributed by atoms with Gasteiger partial charge < -0.3 is 30.3 Å². The zero-order valence-corrected chi connectivity index (χ0v) is 20.7. The molecule has 3 aromatic rings. The van der Waals surface area contributed by atoms with Gasteiger partial charge in [-0.25, -0.2) is 14.8 Å². The van der Waals surface area contributed by atoms with E-state index in [1.54, 1.807) is 6.20 Å². The molecule has 3 N–H and O–H groups in total. The lowest BCUT2D eigenvalue weighted by molar-refractivity contribution is -0.137. The second-order valence-corrected chi connectivity index (χ2v) is 9.34. The number of urea groups is 1. The number of nitrogens with one attached hydrogen (secondary N) is 3. The maximum Gasteiger partial charge on any atom is 0.416 e. The smallest absolute Gasteiger partial charge is 0.378 e. The van der Waals surface area contributed by atoms with E-state index in [0.29, 0.717) is 12.6 Å². The Balaban J connectivity index is 1.18. The van der Waals surface area contributed by atoms with Crippen LogP contribution in [0.5, 0.6) is 0 Å². The summed E-state index contributed by atoms with van der Waals surface area (Å²) >= 11 is 0. The molecule has 0 radical (unpaired) electrons. The van der Waals surface area contributed by atoms with Crippen LogP contribution in [0, 0.1) is 0 Å². The molecule has 4 atom stereocenters. The van der Waals surface area contributed by atoms with E-state index >= 15 is 0 Å². The Hall–Kier alpha value is -3.90. The fourth-order valence-corrected chi connectivity index (χ4v) is 4.54. The molecule has 12 heteroatoms. The molecular formula is C26H27F3N6O3. The van der Waals surface area contributed by atoms with Crippen molar-refractivity contribution in [1.82, 2.24) is 15.3 Å². The molecule has 2 aromatic carbocycles. The lowest BCUT2D eigenvalue weighted by Crippen LogP contribution is -2.46. The minimum absolute atomic E-state index is 0.0352. The van der Waals surface area contributed by atoms with E-state index in [0.717, 1.165) is 29.1 Å². The topological polar surface area (TPSA) is 101 Å². The van der Waals surface area contributed by atoms with Crippen LogP contribution < -0.4 is 20.9 Å². The van der Waals surface area contributed by atoms with Gasteiger partial charge in [-0.15, -0.1) is 0 Å². The van der Waals surface area contributed by atoms with Crippen LogP contribution in [0.4, 0.5) is 35.3 Å². The van der Waals surface area contributed by atoms with Crippen molar-refractivity contribution in [3.63, 3.8) is 0 Å². The number of benzene rings is 2. The number of fused-ring (bicyclic) bond motifs is 1. The third kappa shape index (κ3) is 5.65. The first kappa shape index (κ1) is 25.7. The number of aromatic nitrogens is 2. The summed E-state index contributed by atoms with van der Waals surface area (Å²) in [4.78, 5) is 23.4. The Bertz CT molecular complexity index is 1290. The Kier molecular flexibility index (Phi) is 7.09. The number of hydrogen-bond donors (Lipinski definition) is 3. The summed E-state index contributed by atoms with van der Waals surface area (Å²) in [5.41, 5.74) is 1.99. The molecule has 0 aliphatic carbocycles. The first-order chi connectivity index (χ1) is 18.2. The van der Waals surface area contributed by atoms with Crippen molar-refractivity contribution in [3.05, 3.63) is 66.4 Å². The van der Waals surface area contributed by atoms with Crippen molar-refractivity contribution in [1.29, 1.82) is 0 Å². The number of anilines is 3. The Morgan fingerprint density at radius 3 is 2.42 bits per heavy atom. The summed E-state index contributed by atoms with van der Waals surface area (Å²) in [6.45, 7) is 0.510. The average Bonchev–Trinajstić information content (AvgIpc) is 3.47. The first-order valence-corrected chi connectivity index (χ1v) is 12.0. The van der Waals surface area contributed by atoms with Crippen molar-refractivity contribution in [3.8, 4) is 11.3 Å². The van der Waals surface area contributed by atoms with E-state index in [9.17, 15) is 18.0 Å². The highest BCUT2D eigenvalue weighted by Gasteiger charge is 2.48. The third-order valence-corrected chi connectivity index (χ3v) is 6.47. The molecule has 5 rings (SSSR count). The highest BCUT2D eigenvalue weighted by atomic mass is 19.4. The molecule has 3 heterocycles. The van der Waals surface area contributed by atoms with Crippen LogP contribution in [-0.4, -0.2) is 67.6 Å². The van der Waals surface area contributed by atoms with Crippen LogP contribution >= 0.6 is 0 Å². The van der Waals surface area contributed by atoms with E-state index in [-0.39, 0.29) is 24.4 Å². The molecule has 2 fully saturated rings. The summed E-state index contributed by atoms with van der Waals surface area (Å²) < 4.78 is 50.6. The number of carbonyl (C=O) groups excluding carboxylic acids is 1. The minimum atomic E-state index is -4.50. The zero-order valence-electron chi connectivity index (χ0n) is 20.7. The molecule has 2 aliphatic heterocycles. The van der Waals surface area contributed by atoms with Gasteiger partial charge in [0.25, 0.3) is 0 Å². The average molecular weight is 529 g/mol. The number of alkyl halides is 3. The van der Waals surface area contributed by atoms with E-state index in [4.69, 9.17) is 9.47 Å². The molecule has 2 aliphatic rings. The summed E-state index contributed by atoms with van der Waals surface area (Å²) in [6.07, 6.45) is -3.61. The standard InChI is InChI=1S/C26H27F3N6O3/c1-35(2)18-8-6-15(7-9-18)19-10-11-30-24(32-19)33-20-13-37-23-21(14-38-22(20)23)34-25(36)31-17-5-3-4-16(12-17)26(27,28)29/h3-12,20-23H,13-14H2,1-2H3,(H,30,32,33)(H2,31,34,36). The molecule has 38 heavy (non-hydrogen) atoms. The Morgan fingerprint density at radius 1 is 1.00 bits per heavy atom. The van der Waals surface area contributed by atoms with E-state index in [1.807, 2.05) is 49.3 Å². The van der Waals surface area contributed by atoms with Crippen LogP contribution in [-0.2, 0) is 15.7 Å². The zero-order chi connectivity index (χ0) is 26.9. The van der Waals surface area contributed by atoms with Gasteiger partial charge in [0, 0.05) is 37.2 Å². The normalized spacial score (nSPS) is 22.6. The Morgan fingerprint density at radius 2 is 1.71 bits per heavy atom. The SMILES string of the molecule is CN(C)c1ccc(-c2ccnc(NC3COC4C(NC(=O)Nc5cccc(C(F)(F)F)c5)COC34)n2)cc1. The van der Waals surface area contributed by atoms with Crippen molar-refractivity contribution in [2.24, 2.45) is 0 Å². The predicted molar refractivity (Wildman–Crippen MR) is 136 cm³/mol. The molecule has 2 saturated heterocycles. The molecule has 0 saturated carbocycles. The van der Waals surface area contributed by atoms with Gasteiger partial charge in [0.1, 0.15) is 12.2 Å². The number of nitrogens with zero attached hydrogens (tertiary/aromatic N) is 3. The van der Waals surface area contributed by atoms with Crippen molar-refractivity contribution >= 4 is 23.4 Å². The maximum atomic E-state index is 12.9. The number of amides is 2. The van der Waals surface area contributed by atoms with E-state index in [1.165, 1.54) is 12.1 Å². The fourth-order valence-electron chi connectivity index (χ4n) is 4.54. The molecule has 9 nitrogen and oxygen atoms in total. The number of hydrogen-bond acceptors (Lipinski definition) is 7. The van der Waals surface area contributed by atoms with E-state index < -0.39 is 29.9 Å². The van der Waals surface area contributed by atoms with Crippen LogP contribution in [0.3, 0.4) is 0 Å². The Labute approximate surface area is 217 Å². The number of carbonyl (C=O) groups is 1. The van der Waals surface area contributed by atoms with Crippen molar-refractivity contribution < 1.29 is 27.4 Å². The maximum absolute atomic E-state index is 12.9. The van der Waals surface area contributed by atoms with Gasteiger partial charge >= 0.3 is 12.2 Å². The van der Waals surface area contributed by atoms with Gasteiger partial charge in [-0.2, -0.15) is 13.2 Å². The van der Waals surface area contributed by atoms with Crippen molar-refractivity contribution in [2.45, 2.75) is 30.5 Å². The molecule has 0 bridgehead atoms. The molecule has 200 valence electrons. The largest absolute Gasteiger partial charge is 0.416 e. The number of rotatable bonds is 6. The highest BCUT2D eigenvalue weighted by Crippen LogP contribution is 2.31. The summed E-state index contributed by atoms with van der Waals surface area (Å²) in [5.74, 6) is 0.427. The van der Waals surface area contributed by atoms with Crippen molar-refractivity contribution in [2.75, 3.05) is 42.8 Å². The molecule has 0 spiro atoms. The van der Waals surface area contributed by atoms with Gasteiger partial charge in [-0.3, -0.25) is 0 Å². The number of halogens is 3. The molecular weight excluding hydrogens is 501 g/mol. The van der Waals surface area contributed by atoms with Crippen LogP contribution in [0.15, 0.2) is 60.8 Å². The number of ether oxygens (including phenoxy) is 2. The van der Waals surface area contributed by atoms with Gasteiger partial charge in [-0.05, 0) is 36.4 Å². The molecule has 4 unspecified atom stereocenters. The quantitative estimate of drug-likeness (QED) is 0.445. The highest BCUT2D eigenvalue weighted by molar-refractivity contribution is 5.89. The van der Waals surface area contributed by atoms with Crippen LogP contribution in [0.25, 0.3) is 11.3 Å². The van der Waals surface area contributed by atoms with Crippen LogP contribution in [0.2, 0.25) is 0 Å². The summed E-state index contributed by atoms with van der Waals surface area (Å²) in [7, 11) is 3.96. The summed E-state index contributed by atoms with van der Waals surface area (Å²) in [5, 5.41) is 8.46. The monoisotopic (exact) mass is 528 g/mol. The second kappa shape index (κ2) is 10.5. The summed E-state index contributed by atoms with van der Waals surface area (Å²) in [6, 6.07) is 12.9. The molecule has 2 amide bonds. The van der Waals surface area contributed by atoms with Gasteiger partial charge in [-0.1, -0.05) is 18.2 Å². The molecule has 1 aromatic heterocycles. The van der Waals surface area contributed by atoms with Gasteiger partial charge in [0.05, 0.1) is 36.6 Å². The lowest BCUT2D eigenvalue weighted by Gasteiger charge is -2.19. The predicted octanol–water partition coefficient (Wildman–Crippen LogP) is 4.00. The third-order valence-electron chi connectivity index (χ3n) is 6.47. The van der Waals surface area contributed by atoms with Gasteiger partial charge in [0.15, 0.2) is 0 Å². The van der Waals surface area contributed by atoms with Crippen LogP contribution in [0.1, 0.15) is 5.56 Å². The van der Waals surface area contributed by atoms with E-state index in [2.05, 4.69) is 25.9 Å². The first-order valence-electron chi connectivity index (χ1n) is 12.0. The lowest BCUT2D eigenvalue weighted by atomic mass is 10.1. The minimum Gasteiger partial charge on any atom is -0.378 e. The van der Waals surface area contributed by atoms with Gasteiger partial charge in [0.2, 0.25) is 5.95 Å². The fraction of sp³-hybridized carbons (Fsp3) is 0.346. The second-order valence-electron chi connectivity index (χ2n) is 9.34.